The Hall–Kier alpha value is -2.07. The van der Waals surface area contributed by atoms with Crippen LogP contribution in [0.25, 0.3) is 5.57 Å². The average molecular weight is 350 g/mol. The second kappa shape index (κ2) is 7.44. The summed E-state index contributed by atoms with van der Waals surface area (Å²) in [5.41, 5.74) is 5.72. The third kappa shape index (κ3) is 3.36. The number of benzene rings is 1. The highest BCUT2D eigenvalue weighted by molar-refractivity contribution is 7.78. The number of piperidine rings is 1. The topological polar surface area (TPSA) is 33.4 Å². The molecule has 128 valence electrons. The van der Waals surface area contributed by atoms with E-state index >= 15 is 0 Å². The summed E-state index contributed by atoms with van der Waals surface area (Å²) in [5.74, 6) is 1.14. The molecule has 4 rings (SSSR count). The monoisotopic (exact) mass is 350 g/mol. The summed E-state index contributed by atoms with van der Waals surface area (Å²) in [4.78, 5) is 11.2. The number of aromatic nitrogens is 2. The third-order valence-corrected chi connectivity index (χ3v) is 5.38. The Kier molecular flexibility index (Phi) is 4.88. The first kappa shape index (κ1) is 16.4. The lowest BCUT2D eigenvalue weighted by molar-refractivity contribution is 0.264. The molecule has 5 heteroatoms. The largest absolute Gasteiger partial charge is 0.331 e. The van der Waals surface area contributed by atoms with Gasteiger partial charge in [-0.05, 0) is 42.6 Å². The van der Waals surface area contributed by atoms with Gasteiger partial charge in [0.25, 0.3) is 0 Å². The Morgan fingerprint density at radius 3 is 2.80 bits per heavy atom. The maximum Gasteiger partial charge on any atom is 0.140 e. The van der Waals surface area contributed by atoms with E-state index in [1.165, 1.54) is 22.3 Å². The molecule has 1 saturated heterocycles. The minimum absolute atomic E-state index is 0.753. The standard InChI is InChI=1S/C20H22N4S/c25-15-21-8-13-23-10-5-17(6-11-23)19-18-4-2-1-3-16(18)7-12-24-14-9-22-20(19)24/h1-4,9,14H,5-8,10-13H2. The quantitative estimate of drug-likeness (QED) is 0.628. The molecular weight excluding hydrogens is 328 g/mol. The van der Waals surface area contributed by atoms with Crippen molar-refractivity contribution >= 4 is 23.0 Å². The highest BCUT2D eigenvalue weighted by Gasteiger charge is 2.24. The lowest BCUT2D eigenvalue weighted by Gasteiger charge is -2.29. The third-order valence-electron chi connectivity index (χ3n) is 5.25. The SMILES string of the molecule is S=C=NCCN1CCC(=C2c3ccccc3CCn3ccnc32)CC1. The average Bonchev–Trinajstić information content (AvgIpc) is 3.05. The van der Waals surface area contributed by atoms with E-state index in [4.69, 9.17) is 4.98 Å². The predicted molar refractivity (Wildman–Crippen MR) is 104 cm³/mol. The van der Waals surface area contributed by atoms with Crippen molar-refractivity contribution in [1.82, 2.24) is 14.5 Å². The van der Waals surface area contributed by atoms with Crippen molar-refractivity contribution in [1.29, 1.82) is 0 Å². The molecule has 0 aliphatic carbocycles. The zero-order chi connectivity index (χ0) is 17.1. The van der Waals surface area contributed by atoms with Crippen LogP contribution in [0.3, 0.4) is 0 Å². The van der Waals surface area contributed by atoms with E-state index in [2.05, 4.69) is 62.3 Å². The molecule has 1 aromatic heterocycles. The number of nitrogens with zero attached hydrogens (tertiary/aromatic N) is 4. The lowest BCUT2D eigenvalue weighted by atomic mass is 9.90. The number of hydrogen-bond donors (Lipinski definition) is 0. The van der Waals surface area contributed by atoms with Crippen molar-refractivity contribution in [3.63, 3.8) is 0 Å². The second-order valence-electron chi connectivity index (χ2n) is 6.64. The van der Waals surface area contributed by atoms with Crippen LogP contribution >= 0.6 is 12.2 Å². The number of rotatable bonds is 3. The molecule has 0 atom stereocenters. The molecule has 0 N–H and O–H groups in total. The number of fused-ring (bicyclic) bond motifs is 2. The van der Waals surface area contributed by atoms with Gasteiger partial charge in [0.15, 0.2) is 0 Å². The van der Waals surface area contributed by atoms with Crippen molar-refractivity contribution in [3.8, 4) is 0 Å². The number of imidazole rings is 1. The van der Waals surface area contributed by atoms with Gasteiger partial charge in [-0.1, -0.05) is 29.8 Å². The van der Waals surface area contributed by atoms with E-state index in [1.807, 2.05) is 6.20 Å². The fourth-order valence-corrected chi connectivity index (χ4v) is 4.03. The summed E-state index contributed by atoms with van der Waals surface area (Å²) < 4.78 is 2.31. The Morgan fingerprint density at radius 2 is 1.96 bits per heavy atom. The van der Waals surface area contributed by atoms with Gasteiger partial charge in [-0.2, -0.15) is 0 Å². The predicted octanol–water partition coefficient (Wildman–Crippen LogP) is 3.44. The van der Waals surface area contributed by atoms with Crippen LogP contribution in [0, 0.1) is 0 Å². The van der Waals surface area contributed by atoms with Crippen molar-refractivity contribution in [2.45, 2.75) is 25.8 Å². The molecule has 2 aliphatic rings. The molecule has 4 nitrogen and oxygen atoms in total. The molecule has 0 spiro atoms. The molecule has 0 bridgehead atoms. The van der Waals surface area contributed by atoms with Gasteiger partial charge >= 0.3 is 0 Å². The van der Waals surface area contributed by atoms with E-state index in [-0.39, 0.29) is 0 Å². The molecule has 2 aliphatic heterocycles. The Labute approximate surface area is 153 Å². The van der Waals surface area contributed by atoms with Crippen LogP contribution < -0.4 is 0 Å². The van der Waals surface area contributed by atoms with Crippen molar-refractivity contribution in [2.24, 2.45) is 4.99 Å². The maximum atomic E-state index is 4.71. The summed E-state index contributed by atoms with van der Waals surface area (Å²) in [5, 5.41) is 2.46. The van der Waals surface area contributed by atoms with Gasteiger partial charge in [0.1, 0.15) is 5.82 Å². The first-order chi connectivity index (χ1) is 12.4. The fraction of sp³-hybridized carbons (Fsp3) is 0.400. The molecule has 1 aromatic carbocycles. The zero-order valence-corrected chi connectivity index (χ0v) is 15.1. The number of isothiocyanates is 1. The Bertz CT molecular complexity index is 835. The first-order valence-corrected chi connectivity index (χ1v) is 9.35. The normalized spacial score (nSPS) is 17.4. The van der Waals surface area contributed by atoms with Gasteiger partial charge in [-0.3, -0.25) is 0 Å². The van der Waals surface area contributed by atoms with Crippen LogP contribution in [0.2, 0.25) is 0 Å². The number of aliphatic imine (C=N–C) groups is 1. The van der Waals surface area contributed by atoms with Gasteiger partial charge in [-0.15, -0.1) is 0 Å². The van der Waals surface area contributed by atoms with Gasteiger partial charge in [0.2, 0.25) is 0 Å². The van der Waals surface area contributed by atoms with Gasteiger partial charge in [0.05, 0.1) is 11.7 Å². The van der Waals surface area contributed by atoms with Crippen molar-refractivity contribution < 1.29 is 0 Å². The molecule has 25 heavy (non-hydrogen) atoms. The van der Waals surface area contributed by atoms with Crippen LogP contribution in [0.15, 0.2) is 47.2 Å². The molecule has 2 aromatic rings. The van der Waals surface area contributed by atoms with Crippen LogP contribution in [0.4, 0.5) is 0 Å². The van der Waals surface area contributed by atoms with Gasteiger partial charge < -0.3 is 9.47 Å². The zero-order valence-electron chi connectivity index (χ0n) is 14.3. The summed E-state index contributed by atoms with van der Waals surface area (Å²) in [7, 11) is 0. The number of hydrogen-bond acceptors (Lipinski definition) is 4. The highest BCUT2D eigenvalue weighted by Crippen LogP contribution is 2.35. The Morgan fingerprint density at radius 1 is 1.12 bits per heavy atom. The van der Waals surface area contributed by atoms with Crippen molar-refractivity contribution in [3.05, 3.63) is 59.2 Å². The van der Waals surface area contributed by atoms with E-state index in [9.17, 15) is 0 Å². The fourth-order valence-electron chi connectivity index (χ4n) is 3.94. The molecular formula is C20H22N4S. The molecule has 3 heterocycles. The smallest absolute Gasteiger partial charge is 0.140 e. The van der Waals surface area contributed by atoms with Crippen LogP contribution in [-0.4, -0.2) is 45.8 Å². The molecule has 1 fully saturated rings. The molecule has 0 radical (unpaired) electrons. The van der Waals surface area contributed by atoms with Gasteiger partial charge in [0, 0.05) is 44.1 Å². The lowest BCUT2D eigenvalue weighted by Crippen LogP contribution is -2.33. The summed E-state index contributed by atoms with van der Waals surface area (Å²) in [6.45, 7) is 4.88. The minimum Gasteiger partial charge on any atom is -0.331 e. The van der Waals surface area contributed by atoms with E-state index in [0.717, 1.165) is 57.8 Å². The van der Waals surface area contributed by atoms with Crippen LogP contribution in [-0.2, 0) is 13.0 Å². The number of likely N-dealkylation sites (tertiary alicyclic amines) is 1. The number of aryl methyl sites for hydroxylation is 2. The highest BCUT2D eigenvalue weighted by atomic mass is 32.1. The molecule has 0 unspecified atom stereocenters. The van der Waals surface area contributed by atoms with E-state index in [1.54, 1.807) is 0 Å². The summed E-state index contributed by atoms with van der Waals surface area (Å²) >= 11 is 4.65. The first-order valence-electron chi connectivity index (χ1n) is 8.94. The Balaban J connectivity index is 1.66. The maximum absolute atomic E-state index is 4.71. The van der Waals surface area contributed by atoms with Crippen LogP contribution in [0.5, 0.6) is 0 Å². The van der Waals surface area contributed by atoms with E-state index < -0.39 is 0 Å². The number of thiocarbonyl (C=S) groups is 1. The van der Waals surface area contributed by atoms with Crippen molar-refractivity contribution in [2.75, 3.05) is 26.2 Å². The summed E-state index contributed by atoms with van der Waals surface area (Å²) in [6.07, 6.45) is 7.30. The molecule has 0 amide bonds. The van der Waals surface area contributed by atoms with Gasteiger partial charge in [-0.25, -0.2) is 9.98 Å². The minimum atomic E-state index is 0.753. The molecule has 0 saturated carbocycles. The van der Waals surface area contributed by atoms with E-state index in [0.29, 0.717) is 0 Å². The van der Waals surface area contributed by atoms with Crippen LogP contribution in [0.1, 0.15) is 29.8 Å². The summed E-state index contributed by atoms with van der Waals surface area (Å²) in [6, 6.07) is 8.83. The second-order valence-corrected chi connectivity index (χ2v) is 6.83.